The molecule has 2 N–H and O–H groups in total. The number of nitrogens with zero attached hydrogens (tertiary/aromatic N) is 3. The molecule has 13 heavy (non-hydrogen) atoms. The highest BCUT2D eigenvalue weighted by Crippen LogP contribution is 2.10. The molecule has 0 saturated carbocycles. The minimum atomic E-state index is 0.403. The van der Waals surface area contributed by atoms with Gasteiger partial charge in [-0.15, -0.1) is 5.10 Å². The SMILES string of the molecule is CC(C)N(CCN)c1cccnn1. The standard InChI is InChI=1S/C9H16N4/c1-8(2)13(7-5-10)9-4-3-6-11-12-9/h3-4,6,8H,5,7,10H2,1-2H3. The summed E-state index contributed by atoms with van der Waals surface area (Å²) in [7, 11) is 0. The lowest BCUT2D eigenvalue weighted by Crippen LogP contribution is -2.36. The van der Waals surface area contributed by atoms with Crippen LogP contribution in [-0.2, 0) is 0 Å². The monoisotopic (exact) mass is 180 g/mol. The van der Waals surface area contributed by atoms with Crippen molar-refractivity contribution in [3.8, 4) is 0 Å². The fourth-order valence-corrected chi connectivity index (χ4v) is 1.22. The largest absolute Gasteiger partial charge is 0.351 e. The second-order valence-electron chi connectivity index (χ2n) is 3.16. The van der Waals surface area contributed by atoms with Crippen LogP contribution in [-0.4, -0.2) is 29.3 Å². The van der Waals surface area contributed by atoms with Gasteiger partial charge in [0, 0.05) is 25.3 Å². The molecule has 0 amide bonds. The summed E-state index contributed by atoms with van der Waals surface area (Å²) >= 11 is 0. The van der Waals surface area contributed by atoms with Crippen molar-refractivity contribution in [2.24, 2.45) is 5.73 Å². The van der Waals surface area contributed by atoms with Crippen LogP contribution in [0.25, 0.3) is 0 Å². The molecule has 1 aromatic heterocycles. The molecule has 4 nitrogen and oxygen atoms in total. The maximum atomic E-state index is 5.51. The van der Waals surface area contributed by atoms with Gasteiger partial charge in [-0.1, -0.05) is 0 Å². The normalized spacial score (nSPS) is 10.5. The fraction of sp³-hybridized carbons (Fsp3) is 0.556. The van der Waals surface area contributed by atoms with Gasteiger partial charge in [-0.25, -0.2) is 0 Å². The lowest BCUT2D eigenvalue weighted by atomic mass is 10.3. The number of aromatic nitrogens is 2. The third kappa shape index (κ3) is 2.66. The quantitative estimate of drug-likeness (QED) is 0.739. The second-order valence-corrected chi connectivity index (χ2v) is 3.16. The molecule has 0 aliphatic rings. The number of hydrogen-bond donors (Lipinski definition) is 1. The molecule has 0 aromatic carbocycles. The van der Waals surface area contributed by atoms with E-state index in [1.165, 1.54) is 0 Å². The predicted molar refractivity (Wildman–Crippen MR) is 53.6 cm³/mol. The Morgan fingerprint density at radius 2 is 2.31 bits per heavy atom. The van der Waals surface area contributed by atoms with Crippen molar-refractivity contribution in [1.82, 2.24) is 10.2 Å². The van der Waals surface area contributed by atoms with Crippen molar-refractivity contribution >= 4 is 5.82 Å². The van der Waals surface area contributed by atoms with Gasteiger partial charge < -0.3 is 10.6 Å². The fourth-order valence-electron chi connectivity index (χ4n) is 1.22. The molecule has 0 aliphatic carbocycles. The van der Waals surface area contributed by atoms with E-state index in [0.717, 1.165) is 12.4 Å². The Balaban J connectivity index is 2.76. The molecule has 0 bridgehead atoms. The summed E-state index contributed by atoms with van der Waals surface area (Å²) in [5, 5.41) is 7.88. The third-order valence-electron chi connectivity index (χ3n) is 1.85. The molecule has 1 rings (SSSR count). The zero-order valence-corrected chi connectivity index (χ0v) is 8.14. The van der Waals surface area contributed by atoms with Crippen molar-refractivity contribution in [2.75, 3.05) is 18.0 Å². The van der Waals surface area contributed by atoms with E-state index in [1.807, 2.05) is 12.1 Å². The van der Waals surface area contributed by atoms with Crippen LogP contribution in [0, 0.1) is 0 Å². The van der Waals surface area contributed by atoms with E-state index in [1.54, 1.807) is 6.20 Å². The number of rotatable bonds is 4. The minimum Gasteiger partial charge on any atom is -0.351 e. The molecule has 1 aromatic rings. The van der Waals surface area contributed by atoms with E-state index in [4.69, 9.17) is 5.73 Å². The average molecular weight is 180 g/mol. The molecule has 4 heteroatoms. The summed E-state index contributed by atoms with van der Waals surface area (Å²) in [6.45, 7) is 5.68. The molecular formula is C9H16N4. The van der Waals surface area contributed by atoms with E-state index in [2.05, 4.69) is 28.9 Å². The summed E-state index contributed by atoms with van der Waals surface area (Å²) < 4.78 is 0. The number of anilines is 1. The van der Waals surface area contributed by atoms with Crippen molar-refractivity contribution < 1.29 is 0 Å². The summed E-state index contributed by atoms with van der Waals surface area (Å²) in [6.07, 6.45) is 1.67. The third-order valence-corrected chi connectivity index (χ3v) is 1.85. The Bertz CT molecular complexity index is 235. The number of hydrogen-bond acceptors (Lipinski definition) is 4. The van der Waals surface area contributed by atoms with E-state index >= 15 is 0 Å². The molecule has 72 valence electrons. The zero-order chi connectivity index (χ0) is 9.68. The molecule has 0 aliphatic heterocycles. The van der Waals surface area contributed by atoms with Gasteiger partial charge in [0.2, 0.25) is 0 Å². The minimum absolute atomic E-state index is 0.403. The first-order valence-electron chi connectivity index (χ1n) is 4.50. The summed E-state index contributed by atoms with van der Waals surface area (Å²) in [5.74, 6) is 0.892. The van der Waals surface area contributed by atoms with Crippen molar-refractivity contribution in [2.45, 2.75) is 19.9 Å². The Labute approximate surface area is 78.8 Å². The van der Waals surface area contributed by atoms with Crippen LogP contribution in [0.5, 0.6) is 0 Å². The highest BCUT2D eigenvalue weighted by molar-refractivity contribution is 5.37. The number of nitrogens with two attached hydrogens (primary N) is 1. The molecule has 0 atom stereocenters. The smallest absolute Gasteiger partial charge is 0.151 e. The summed E-state index contributed by atoms with van der Waals surface area (Å²) in [4.78, 5) is 2.13. The molecule has 0 radical (unpaired) electrons. The Morgan fingerprint density at radius 1 is 1.54 bits per heavy atom. The first-order chi connectivity index (χ1) is 6.25. The molecular weight excluding hydrogens is 164 g/mol. The Hall–Kier alpha value is -1.16. The van der Waals surface area contributed by atoms with Crippen molar-refractivity contribution in [3.05, 3.63) is 18.3 Å². The molecule has 0 spiro atoms. The van der Waals surface area contributed by atoms with Gasteiger partial charge in [-0.2, -0.15) is 5.10 Å². The van der Waals surface area contributed by atoms with E-state index in [9.17, 15) is 0 Å². The lowest BCUT2D eigenvalue weighted by molar-refractivity contribution is 0.668. The van der Waals surface area contributed by atoms with Gasteiger partial charge in [-0.3, -0.25) is 0 Å². The molecule has 0 unspecified atom stereocenters. The van der Waals surface area contributed by atoms with Crippen LogP contribution in [0.3, 0.4) is 0 Å². The van der Waals surface area contributed by atoms with E-state index in [0.29, 0.717) is 12.6 Å². The summed E-state index contributed by atoms with van der Waals surface area (Å²) in [6, 6.07) is 4.23. The van der Waals surface area contributed by atoms with Crippen molar-refractivity contribution in [1.29, 1.82) is 0 Å². The molecule has 0 saturated heterocycles. The zero-order valence-electron chi connectivity index (χ0n) is 8.14. The first kappa shape index (κ1) is 9.92. The van der Waals surface area contributed by atoms with Gasteiger partial charge in [0.15, 0.2) is 5.82 Å². The van der Waals surface area contributed by atoms with Gasteiger partial charge in [0.05, 0.1) is 0 Å². The predicted octanol–water partition coefficient (Wildman–Crippen LogP) is 0.650. The van der Waals surface area contributed by atoms with Crippen LogP contribution in [0.4, 0.5) is 5.82 Å². The van der Waals surface area contributed by atoms with E-state index in [-0.39, 0.29) is 0 Å². The lowest BCUT2D eigenvalue weighted by Gasteiger charge is -2.26. The average Bonchev–Trinajstić information content (AvgIpc) is 2.15. The second kappa shape index (κ2) is 4.77. The summed E-state index contributed by atoms with van der Waals surface area (Å²) in [5.41, 5.74) is 5.51. The molecule has 1 heterocycles. The topological polar surface area (TPSA) is 55.0 Å². The Morgan fingerprint density at radius 3 is 2.77 bits per heavy atom. The molecule has 0 fully saturated rings. The highest BCUT2D eigenvalue weighted by Gasteiger charge is 2.09. The van der Waals surface area contributed by atoms with Gasteiger partial charge in [0.25, 0.3) is 0 Å². The van der Waals surface area contributed by atoms with Gasteiger partial charge >= 0.3 is 0 Å². The maximum Gasteiger partial charge on any atom is 0.151 e. The highest BCUT2D eigenvalue weighted by atomic mass is 15.3. The van der Waals surface area contributed by atoms with Crippen LogP contribution in [0.15, 0.2) is 18.3 Å². The van der Waals surface area contributed by atoms with Crippen LogP contribution >= 0.6 is 0 Å². The van der Waals surface area contributed by atoms with Crippen LogP contribution in [0.2, 0.25) is 0 Å². The first-order valence-corrected chi connectivity index (χ1v) is 4.50. The maximum absolute atomic E-state index is 5.51. The van der Waals surface area contributed by atoms with Gasteiger partial charge in [0.1, 0.15) is 0 Å². The van der Waals surface area contributed by atoms with Crippen LogP contribution < -0.4 is 10.6 Å². The Kier molecular flexibility index (Phi) is 3.64. The van der Waals surface area contributed by atoms with Crippen molar-refractivity contribution in [3.63, 3.8) is 0 Å². The van der Waals surface area contributed by atoms with E-state index < -0.39 is 0 Å². The van der Waals surface area contributed by atoms with Crippen LogP contribution in [0.1, 0.15) is 13.8 Å². The van der Waals surface area contributed by atoms with Gasteiger partial charge in [-0.05, 0) is 26.0 Å².